The van der Waals surface area contributed by atoms with Gasteiger partial charge in [0, 0.05) is 0 Å². The Labute approximate surface area is 61.1 Å². The van der Waals surface area contributed by atoms with Gasteiger partial charge in [-0.2, -0.15) is 0 Å². The lowest BCUT2D eigenvalue weighted by atomic mass is 10.0. The van der Waals surface area contributed by atoms with Gasteiger partial charge < -0.3 is 0 Å². The minimum absolute atomic E-state index is 0.976. The molecule has 0 fully saturated rings. The molecule has 1 unspecified atom stereocenters. The molecule has 0 spiro atoms. The number of rotatable bonds is 4. The van der Waals surface area contributed by atoms with Gasteiger partial charge in [-0.05, 0) is 5.92 Å². The van der Waals surface area contributed by atoms with Gasteiger partial charge in [-0.15, -0.1) is 5.28 Å². The molecule has 0 aromatic heterocycles. The zero-order valence-electron chi connectivity index (χ0n) is 6.41. The zero-order chi connectivity index (χ0) is 6.41. The van der Waals surface area contributed by atoms with E-state index in [1.54, 1.807) is 0 Å². The molecule has 1 heteroatoms. The molecule has 0 bridgehead atoms. The van der Waals surface area contributed by atoms with Crippen molar-refractivity contribution in [2.45, 2.75) is 38.4 Å². The maximum Gasteiger partial charge on any atom is 0.211 e. The van der Waals surface area contributed by atoms with Gasteiger partial charge in [0.25, 0.3) is 0 Å². The maximum absolute atomic E-state index is 2.34. The van der Waals surface area contributed by atoms with Crippen molar-refractivity contribution in [3.8, 4) is 0 Å². The molecule has 0 heterocycles. The van der Waals surface area contributed by atoms with Crippen molar-refractivity contribution >= 4 is 16.3 Å². The average Bonchev–Trinajstić information content (AvgIpc) is 1.83. The first-order chi connectivity index (χ1) is 3.81. The van der Waals surface area contributed by atoms with E-state index in [1.165, 1.54) is 40.8 Å². The van der Waals surface area contributed by atoms with Crippen LogP contribution in [0.5, 0.6) is 0 Å². The quantitative estimate of drug-likeness (QED) is 0.507. The van der Waals surface area contributed by atoms with Crippen LogP contribution in [-0.4, -0.2) is 16.3 Å². The van der Waals surface area contributed by atoms with Gasteiger partial charge in [0.05, 0.1) is 0 Å². The lowest BCUT2D eigenvalue weighted by Crippen LogP contribution is -1.90. The fourth-order valence-electron chi connectivity index (χ4n) is 0.757. The van der Waals surface area contributed by atoms with Crippen LogP contribution in [0.1, 0.15) is 33.1 Å². The fourth-order valence-corrected chi connectivity index (χ4v) is 1.16. The first-order valence-electron chi connectivity index (χ1n) is 3.81. The molecule has 0 aromatic carbocycles. The van der Waals surface area contributed by atoms with Gasteiger partial charge in [0.15, 0.2) is 0 Å². The third-order valence-corrected chi connectivity index (χ3v) is 2.45. The minimum Gasteiger partial charge on any atom is -0.101 e. The molecule has 0 radical (unpaired) electrons. The average molecular weight is 128 g/mol. The summed E-state index contributed by atoms with van der Waals surface area (Å²) in [6.07, 6.45) is 4.29. The molecule has 0 aliphatic heterocycles. The summed E-state index contributed by atoms with van der Waals surface area (Å²) in [4.78, 5) is 0. The Morgan fingerprint density at radius 1 is 1.50 bits per heavy atom. The van der Waals surface area contributed by atoms with Crippen molar-refractivity contribution < 1.29 is 0 Å². The Kier molecular flexibility index (Phi) is 6.04. The summed E-state index contributed by atoms with van der Waals surface area (Å²) in [7, 11) is 0. The van der Waals surface area contributed by atoms with E-state index in [9.17, 15) is 0 Å². The smallest absolute Gasteiger partial charge is 0.101 e. The van der Waals surface area contributed by atoms with Gasteiger partial charge in [0.2, 0.25) is 16.3 Å². The summed E-state index contributed by atoms with van der Waals surface area (Å²) < 4.78 is 0. The van der Waals surface area contributed by atoms with Crippen molar-refractivity contribution in [1.29, 1.82) is 0 Å². The molecule has 0 saturated carbocycles. The topological polar surface area (TPSA) is 0 Å². The first kappa shape index (κ1) is 8.53. The highest BCUT2D eigenvalue weighted by Gasteiger charge is 1.94. The van der Waals surface area contributed by atoms with Gasteiger partial charge in [-0.1, -0.05) is 33.1 Å². The lowest BCUT2D eigenvalue weighted by molar-refractivity contribution is 0.509. The molecule has 0 nitrogen and oxygen atoms in total. The molecule has 48 valence electrons. The Hall–Kier alpha value is 0.532. The lowest BCUT2D eigenvalue weighted by Gasteiger charge is -2.04. The van der Waals surface area contributed by atoms with Gasteiger partial charge in [-0.3, -0.25) is 0 Å². The van der Waals surface area contributed by atoms with Crippen LogP contribution in [0.4, 0.5) is 0 Å². The maximum atomic E-state index is 2.34. The van der Waals surface area contributed by atoms with Crippen molar-refractivity contribution in [3.63, 3.8) is 0 Å². The van der Waals surface area contributed by atoms with Crippen LogP contribution in [-0.2, 0) is 0 Å². The van der Waals surface area contributed by atoms with E-state index in [4.69, 9.17) is 0 Å². The SMILES string of the molecule is CCC(C)CC[CH2][AlH2]. The van der Waals surface area contributed by atoms with Crippen molar-refractivity contribution in [2.24, 2.45) is 5.92 Å². The Morgan fingerprint density at radius 3 is 2.50 bits per heavy atom. The van der Waals surface area contributed by atoms with E-state index >= 15 is 0 Å². The standard InChI is InChI=1S/C7H15.Al.2H/c1-4-6-7(3)5-2;;;/h7H,1,4-6H2,2-3H3;;;. The summed E-state index contributed by atoms with van der Waals surface area (Å²) in [5.41, 5.74) is 0. The normalized spacial score (nSPS) is 13.8. The predicted octanol–water partition coefficient (Wildman–Crippen LogP) is 1.86. The predicted molar refractivity (Wildman–Crippen MR) is 42.0 cm³/mol. The Balaban J connectivity index is 2.86. The Morgan fingerprint density at radius 2 is 2.12 bits per heavy atom. The highest BCUT2D eigenvalue weighted by Crippen LogP contribution is 2.09. The van der Waals surface area contributed by atoms with Crippen molar-refractivity contribution in [2.75, 3.05) is 0 Å². The van der Waals surface area contributed by atoms with E-state index in [1.807, 2.05) is 0 Å². The molecule has 1 atom stereocenters. The van der Waals surface area contributed by atoms with Gasteiger partial charge >= 0.3 is 0 Å². The third-order valence-electron chi connectivity index (χ3n) is 1.75. The molecular formula is C7H17Al. The van der Waals surface area contributed by atoms with E-state index in [-0.39, 0.29) is 0 Å². The monoisotopic (exact) mass is 128 g/mol. The highest BCUT2D eigenvalue weighted by atomic mass is 27.0. The Bertz CT molecular complexity index is 43.7. The number of hydrogen-bond acceptors (Lipinski definition) is 0. The van der Waals surface area contributed by atoms with Crippen LogP contribution in [0.3, 0.4) is 0 Å². The second kappa shape index (κ2) is 5.67. The van der Waals surface area contributed by atoms with E-state index in [2.05, 4.69) is 13.8 Å². The van der Waals surface area contributed by atoms with Crippen molar-refractivity contribution in [3.05, 3.63) is 0 Å². The molecule has 0 N–H and O–H groups in total. The molecule has 8 heavy (non-hydrogen) atoms. The molecule has 0 aliphatic rings. The molecule has 0 saturated heterocycles. The molecule has 0 rings (SSSR count). The molecular weight excluding hydrogens is 111 g/mol. The van der Waals surface area contributed by atoms with Crippen molar-refractivity contribution in [1.82, 2.24) is 0 Å². The second-order valence-electron chi connectivity index (χ2n) is 2.66. The van der Waals surface area contributed by atoms with E-state index in [0.717, 1.165) is 5.92 Å². The van der Waals surface area contributed by atoms with Gasteiger partial charge in [0.1, 0.15) is 0 Å². The molecule has 0 aliphatic carbocycles. The fraction of sp³-hybridized carbons (Fsp3) is 1.00. The third kappa shape index (κ3) is 4.69. The summed E-state index contributed by atoms with van der Waals surface area (Å²) >= 11 is 1.40. The summed E-state index contributed by atoms with van der Waals surface area (Å²) in [5.74, 6) is 0.976. The summed E-state index contributed by atoms with van der Waals surface area (Å²) in [6, 6.07) is 0. The van der Waals surface area contributed by atoms with Crippen LogP contribution in [0.25, 0.3) is 0 Å². The zero-order valence-corrected chi connectivity index (χ0v) is 8.41. The highest BCUT2D eigenvalue weighted by molar-refractivity contribution is 6.08. The van der Waals surface area contributed by atoms with Crippen LogP contribution in [0.2, 0.25) is 5.28 Å². The minimum atomic E-state index is 0.976. The summed E-state index contributed by atoms with van der Waals surface area (Å²) in [6.45, 7) is 4.62. The van der Waals surface area contributed by atoms with Crippen LogP contribution in [0, 0.1) is 5.92 Å². The van der Waals surface area contributed by atoms with Crippen LogP contribution in [0.15, 0.2) is 0 Å². The number of hydrogen-bond donors (Lipinski definition) is 0. The van der Waals surface area contributed by atoms with Gasteiger partial charge in [-0.25, -0.2) is 0 Å². The first-order valence-corrected chi connectivity index (χ1v) is 5.22. The van der Waals surface area contributed by atoms with Crippen LogP contribution < -0.4 is 0 Å². The van der Waals surface area contributed by atoms with E-state index < -0.39 is 0 Å². The largest absolute Gasteiger partial charge is 0.211 e. The molecule has 0 aromatic rings. The molecule has 0 amide bonds. The second-order valence-corrected chi connectivity index (χ2v) is 3.66. The van der Waals surface area contributed by atoms with Crippen LogP contribution >= 0.6 is 0 Å². The summed E-state index contributed by atoms with van der Waals surface area (Å²) in [5, 5.41) is 1.49. The van der Waals surface area contributed by atoms with E-state index in [0.29, 0.717) is 0 Å².